The molecule has 0 spiro atoms. The van der Waals surface area contributed by atoms with Gasteiger partial charge in [-0.25, -0.2) is 0 Å². The summed E-state index contributed by atoms with van der Waals surface area (Å²) in [7, 11) is 0. The van der Waals surface area contributed by atoms with E-state index in [0.717, 1.165) is 12.1 Å². The van der Waals surface area contributed by atoms with E-state index in [0.29, 0.717) is 5.69 Å². The number of anilines is 2. The SMILES string of the molecule is CC(C)N(c1ccc(C(F)(F)F)cc1NC(=O)c1ccco1)C(C)C. The molecule has 2 aromatic rings. The maximum Gasteiger partial charge on any atom is 0.416 e. The molecule has 0 saturated carbocycles. The lowest BCUT2D eigenvalue weighted by Gasteiger charge is -2.34. The number of hydrogen-bond donors (Lipinski definition) is 1. The van der Waals surface area contributed by atoms with Gasteiger partial charge in [0.25, 0.3) is 5.91 Å². The van der Waals surface area contributed by atoms with Gasteiger partial charge in [-0.1, -0.05) is 0 Å². The number of carbonyl (C=O) groups excluding carboxylic acids is 1. The molecule has 2 rings (SSSR count). The Labute approximate surface area is 144 Å². The lowest BCUT2D eigenvalue weighted by molar-refractivity contribution is -0.137. The molecule has 1 aromatic carbocycles. The van der Waals surface area contributed by atoms with Crippen LogP contribution in [0.1, 0.15) is 43.8 Å². The third kappa shape index (κ3) is 4.35. The minimum atomic E-state index is -4.50. The first kappa shape index (κ1) is 18.9. The minimum Gasteiger partial charge on any atom is -0.459 e. The molecular formula is C18H21F3N2O2. The fraction of sp³-hybridized carbons (Fsp3) is 0.389. The largest absolute Gasteiger partial charge is 0.459 e. The molecule has 1 aromatic heterocycles. The summed E-state index contributed by atoms with van der Waals surface area (Å²) in [5, 5.41) is 2.54. The zero-order chi connectivity index (χ0) is 18.8. The third-order valence-electron chi connectivity index (χ3n) is 3.71. The molecule has 0 radical (unpaired) electrons. The van der Waals surface area contributed by atoms with Crippen molar-refractivity contribution < 1.29 is 22.4 Å². The Kier molecular flexibility index (Phi) is 5.45. The van der Waals surface area contributed by atoms with E-state index < -0.39 is 17.6 Å². The van der Waals surface area contributed by atoms with Crippen molar-refractivity contribution in [3.8, 4) is 0 Å². The van der Waals surface area contributed by atoms with Crippen LogP contribution in [-0.2, 0) is 6.18 Å². The highest BCUT2D eigenvalue weighted by molar-refractivity contribution is 6.04. The van der Waals surface area contributed by atoms with Crippen LogP contribution < -0.4 is 10.2 Å². The summed E-state index contributed by atoms with van der Waals surface area (Å²) in [4.78, 5) is 14.2. The van der Waals surface area contributed by atoms with Crippen LogP contribution in [0.25, 0.3) is 0 Å². The molecule has 136 valence electrons. The molecular weight excluding hydrogens is 333 g/mol. The smallest absolute Gasteiger partial charge is 0.416 e. The molecule has 1 N–H and O–H groups in total. The first-order valence-electron chi connectivity index (χ1n) is 7.95. The molecule has 0 fully saturated rings. The van der Waals surface area contributed by atoms with Crippen LogP contribution >= 0.6 is 0 Å². The van der Waals surface area contributed by atoms with Crippen LogP contribution in [0.4, 0.5) is 24.5 Å². The molecule has 4 nitrogen and oxygen atoms in total. The van der Waals surface area contributed by atoms with Gasteiger partial charge in [0.15, 0.2) is 5.76 Å². The average Bonchev–Trinajstić information content (AvgIpc) is 3.01. The summed E-state index contributed by atoms with van der Waals surface area (Å²) in [6.07, 6.45) is -3.17. The van der Waals surface area contributed by atoms with Crippen LogP contribution in [0.3, 0.4) is 0 Å². The van der Waals surface area contributed by atoms with Crippen molar-refractivity contribution in [3.05, 3.63) is 47.9 Å². The van der Waals surface area contributed by atoms with E-state index in [4.69, 9.17) is 4.42 Å². The van der Waals surface area contributed by atoms with Crippen molar-refractivity contribution in [2.45, 2.75) is 46.0 Å². The molecule has 25 heavy (non-hydrogen) atoms. The lowest BCUT2D eigenvalue weighted by Crippen LogP contribution is -2.37. The molecule has 1 heterocycles. The highest BCUT2D eigenvalue weighted by Crippen LogP contribution is 2.37. The van der Waals surface area contributed by atoms with Crippen LogP contribution in [0, 0.1) is 0 Å². The number of benzene rings is 1. The second-order valence-corrected chi connectivity index (χ2v) is 6.26. The number of nitrogens with zero attached hydrogens (tertiary/aromatic N) is 1. The van der Waals surface area contributed by atoms with Crippen molar-refractivity contribution in [1.82, 2.24) is 0 Å². The molecule has 0 aliphatic heterocycles. The summed E-state index contributed by atoms with van der Waals surface area (Å²) in [6.45, 7) is 7.76. The molecule has 7 heteroatoms. The van der Waals surface area contributed by atoms with Gasteiger partial charge in [-0.3, -0.25) is 4.79 Å². The van der Waals surface area contributed by atoms with E-state index in [9.17, 15) is 18.0 Å². The number of carbonyl (C=O) groups is 1. The molecule has 0 atom stereocenters. The highest BCUT2D eigenvalue weighted by Gasteiger charge is 2.32. The van der Waals surface area contributed by atoms with E-state index in [1.807, 2.05) is 32.6 Å². The topological polar surface area (TPSA) is 45.5 Å². The number of nitrogens with one attached hydrogen (secondary N) is 1. The van der Waals surface area contributed by atoms with E-state index in [2.05, 4.69) is 5.32 Å². The second kappa shape index (κ2) is 7.21. The van der Waals surface area contributed by atoms with Crippen molar-refractivity contribution in [3.63, 3.8) is 0 Å². The molecule has 0 aliphatic carbocycles. The maximum absolute atomic E-state index is 13.1. The zero-order valence-corrected chi connectivity index (χ0v) is 14.5. The van der Waals surface area contributed by atoms with Gasteiger partial charge in [-0.15, -0.1) is 0 Å². The first-order chi connectivity index (χ1) is 11.6. The third-order valence-corrected chi connectivity index (χ3v) is 3.71. The zero-order valence-electron chi connectivity index (χ0n) is 14.5. The normalized spacial score (nSPS) is 11.9. The van der Waals surface area contributed by atoms with Crippen molar-refractivity contribution in [1.29, 1.82) is 0 Å². The van der Waals surface area contributed by atoms with E-state index in [-0.39, 0.29) is 23.5 Å². The summed E-state index contributed by atoms with van der Waals surface area (Å²) >= 11 is 0. The Morgan fingerprint density at radius 1 is 1.12 bits per heavy atom. The van der Waals surface area contributed by atoms with Gasteiger partial charge in [-0.2, -0.15) is 13.2 Å². The Morgan fingerprint density at radius 3 is 2.24 bits per heavy atom. The summed E-state index contributed by atoms with van der Waals surface area (Å²) in [6, 6.07) is 6.43. The van der Waals surface area contributed by atoms with Crippen LogP contribution in [0.15, 0.2) is 41.0 Å². The quantitative estimate of drug-likeness (QED) is 0.805. The number of rotatable bonds is 5. The number of halogens is 3. The predicted molar refractivity (Wildman–Crippen MR) is 90.9 cm³/mol. The van der Waals surface area contributed by atoms with E-state index in [1.54, 1.807) is 0 Å². The van der Waals surface area contributed by atoms with Gasteiger partial charge in [0, 0.05) is 12.1 Å². The Morgan fingerprint density at radius 2 is 1.76 bits per heavy atom. The van der Waals surface area contributed by atoms with Crippen molar-refractivity contribution in [2.75, 3.05) is 10.2 Å². The molecule has 0 aliphatic rings. The Balaban J connectivity index is 2.49. The van der Waals surface area contributed by atoms with Gasteiger partial charge in [0.1, 0.15) is 0 Å². The van der Waals surface area contributed by atoms with Gasteiger partial charge in [0.2, 0.25) is 0 Å². The standard InChI is InChI=1S/C18H21F3N2O2/c1-11(2)23(12(3)4)15-8-7-13(18(19,20)21)10-14(15)22-17(24)16-6-5-9-25-16/h5-12H,1-4H3,(H,22,24). The molecule has 1 amide bonds. The maximum atomic E-state index is 13.1. The number of hydrogen-bond acceptors (Lipinski definition) is 3. The summed E-state index contributed by atoms with van der Waals surface area (Å²) in [5.41, 5.74) is -0.199. The van der Waals surface area contributed by atoms with Gasteiger partial charge >= 0.3 is 6.18 Å². The Bertz CT molecular complexity index is 714. The number of furan rings is 1. The van der Waals surface area contributed by atoms with Gasteiger partial charge < -0.3 is 14.6 Å². The lowest BCUT2D eigenvalue weighted by atomic mass is 10.1. The van der Waals surface area contributed by atoms with E-state index >= 15 is 0 Å². The predicted octanol–water partition coefficient (Wildman–Crippen LogP) is 5.17. The van der Waals surface area contributed by atoms with Crippen LogP contribution in [0.5, 0.6) is 0 Å². The van der Waals surface area contributed by atoms with Crippen LogP contribution in [-0.4, -0.2) is 18.0 Å². The minimum absolute atomic E-state index is 0.0315. The van der Waals surface area contributed by atoms with Crippen LogP contribution in [0.2, 0.25) is 0 Å². The fourth-order valence-electron chi connectivity index (χ4n) is 2.78. The molecule has 0 unspecified atom stereocenters. The van der Waals surface area contributed by atoms with Crippen molar-refractivity contribution >= 4 is 17.3 Å². The average molecular weight is 354 g/mol. The molecule has 0 saturated heterocycles. The van der Waals surface area contributed by atoms with Gasteiger partial charge in [0.05, 0.1) is 23.2 Å². The Hall–Kier alpha value is -2.44. The highest BCUT2D eigenvalue weighted by atomic mass is 19.4. The molecule has 0 bridgehead atoms. The van der Waals surface area contributed by atoms with Crippen molar-refractivity contribution in [2.24, 2.45) is 0 Å². The first-order valence-corrected chi connectivity index (χ1v) is 7.95. The summed E-state index contributed by atoms with van der Waals surface area (Å²) < 4.78 is 44.3. The monoisotopic (exact) mass is 354 g/mol. The second-order valence-electron chi connectivity index (χ2n) is 6.26. The summed E-state index contributed by atoms with van der Waals surface area (Å²) in [5.74, 6) is -0.568. The van der Waals surface area contributed by atoms with Gasteiger partial charge in [-0.05, 0) is 58.0 Å². The number of alkyl halides is 3. The van der Waals surface area contributed by atoms with E-state index in [1.165, 1.54) is 24.5 Å². The number of amides is 1. The fourth-order valence-corrected chi connectivity index (χ4v) is 2.78.